The van der Waals surface area contributed by atoms with E-state index in [-0.39, 0.29) is 5.54 Å². The number of aromatic nitrogens is 1. The van der Waals surface area contributed by atoms with Crippen LogP contribution in [0.3, 0.4) is 0 Å². The molecule has 1 saturated carbocycles. The van der Waals surface area contributed by atoms with Crippen molar-refractivity contribution < 1.29 is 0 Å². The molecular formula is C21H22N2S. The van der Waals surface area contributed by atoms with Gasteiger partial charge in [-0.05, 0) is 44.4 Å². The van der Waals surface area contributed by atoms with Gasteiger partial charge in [0.25, 0.3) is 0 Å². The quantitative estimate of drug-likeness (QED) is 0.546. The number of pyridine rings is 1. The summed E-state index contributed by atoms with van der Waals surface area (Å²) in [6, 6.07) is 13.6. The van der Waals surface area contributed by atoms with Gasteiger partial charge in [0.2, 0.25) is 0 Å². The molecule has 1 fully saturated rings. The molecule has 0 bridgehead atoms. The molecule has 2 nitrogen and oxygen atoms in total. The molecule has 0 radical (unpaired) electrons. The minimum Gasteiger partial charge on any atom is -0.354 e. The molecule has 24 heavy (non-hydrogen) atoms. The number of rotatable bonds is 1. The summed E-state index contributed by atoms with van der Waals surface area (Å²) in [7, 11) is 0. The van der Waals surface area contributed by atoms with Gasteiger partial charge in [-0.25, -0.2) is 4.98 Å². The zero-order valence-electron chi connectivity index (χ0n) is 14.2. The highest BCUT2D eigenvalue weighted by Crippen LogP contribution is 2.60. The maximum Gasteiger partial charge on any atom is 0.123 e. The SMILES string of the molecule is Cc1ccccc1N1[C@@H](C)c2c(sc3ncccc23)C12CCCC2. The molecule has 5 rings (SSSR count). The van der Waals surface area contributed by atoms with Crippen molar-refractivity contribution in [2.24, 2.45) is 0 Å². The van der Waals surface area contributed by atoms with Gasteiger partial charge in [0.05, 0.1) is 11.6 Å². The van der Waals surface area contributed by atoms with E-state index in [2.05, 4.69) is 60.1 Å². The summed E-state index contributed by atoms with van der Waals surface area (Å²) < 4.78 is 0. The van der Waals surface area contributed by atoms with E-state index >= 15 is 0 Å². The standard InChI is InChI=1S/C21H22N2S/c1-14-8-3-4-10-17(14)23-15(2)18-16-9-7-13-22-20(16)24-19(18)21(23)11-5-6-12-21/h3-4,7-10,13,15H,5-6,11-12H2,1-2H3/t15-/m0/s1. The molecule has 0 unspecified atom stereocenters. The lowest BCUT2D eigenvalue weighted by Crippen LogP contribution is -2.40. The van der Waals surface area contributed by atoms with Crippen molar-refractivity contribution in [2.45, 2.75) is 51.1 Å². The molecule has 0 N–H and O–H groups in total. The highest BCUT2D eigenvalue weighted by atomic mass is 32.1. The Morgan fingerprint density at radius 2 is 1.92 bits per heavy atom. The van der Waals surface area contributed by atoms with Crippen LogP contribution in [0.2, 0.25) is 0 Å². The first-order chi connectivity index (χ1) is 11.7. The maximum absolute atomic E-state index is 4.65. The van der Waals surface area contributed by atoms with E-state index in [1.165, 1.54) is 52.7 Å². The van der Waals surface area contributed by atoms with Crippen molar-refractivity contribution in [1.82, 2.24) is 4.98 Å². The number of hydrogen-bond acceptors (Lipinski definition) is 3. The van der Waals surface area contributed by atoms with Crippen molar-refractivity contribution in [3.63, 3.8) is 0 Å². The van der Waals surface area contributed by atoms with Gasteiger partial charge in [-0.15, -0.1) is 11.3 Å². The van der Waals surface area contributed by atoms with Gasteiger partial charge in [0.15, 0.2) is 0 Å². The van der Waals surface area contributed by atoms with Gasteiger partial charge in [0, 0.05) is 27.7 Å². The fourth-order valence-electron chi connectivity index (χ4n) is 5.02. The zero-order chi connectivity index (χ0) is 16.3. The lowest BCUT2D eigenvalue weighted by atomic mass is 9.94. The number of benzene rings is 1. The minimum absolute atomic E-state index is 0.187. The van der Waals surface area contributed by atoms with E-state index in [4.69, 9.17) is 0 Å². The molecule has 1 atom stereocenters. The van der Waals surface area contributed by atoms with Crippen LogP contribution in [-0.4, -0.2) is 4.98 Å². The minimum atomic E-state index is 0.187. The number of fused-ring (bicyclic) bond motifs is 4. The van der Waals surface area contributed by atoms with Crippen LogP contribution in [0.5, 0.6) is 0 Å². The number of anilines is 1. The van der Waals surface area contributed by atoms with E-state index in [9.17, 15) is 0 Å². The van der Waals surface area contributed by atoms with E-state index in [1.54, 1.807) is 4.88 Å². The number of thiophene rings is 1. The van der Waals surface area contributed by atoms with Crippen LogP contribution in [0.1, 0.15) is 54.7 Å². The second-order valence-corrected chi connectivity index (χ2v) is 8.27. The van der Waals surface area contributed by atoms with Gasteiger partial charge in [-0.2, -0.15) is 0 Å². The third-order valence-electron chi connectivity index (χ3n) is 6.00. The van der Waals surface area contributed by atoms with Gasteiger partial charge in [-0.1, -0.05) is 37.1 Å². The van der Waals surface area contributed by atoms with Crippen LogP contribution in [0.25, 0.3) is 10.2 Å². The second-order valence-electron chi connectivity index (χ2n) is 7.27. The normalized spacial score (nSPS) is 21.8. The summed E-state index contributed by atoms with van der Waals surface area (Å²) in [5.74, 6) is 0. The van der Waals surface area contributed by atoms with Gasteiger partial charge in [0.1, 0.15) is 4.83 Å². The Morgan fingerprint density at radius 3 is 2.71 bits per heavy atom. The summed E-state index contributed by atoms with van der Waals surface area (Å²) >= 11 is 1.94. The summed E-state index contributed by atoms with van der Waals surface area (Å²) in [5, 5.41) is 1.37. The first kappa shape index (κ1) is 14.5. The topological polar surface area (TPSA) is 16.1 Å². The van der Waals surface area contributed by atoms with E-state index in [0.29, 0.717) is 6.04 Å². The van der Waals surface area contributed by atoms with Crippen molar-refractivity contribution in [3.8, 4) is 0 Å². The van der Waals surface area contributed by atoms with Crippen LogP contribution in [0.4, 0.5) is 5.69 Å². The Bertz CT molecular complexity index is 920. The monoisotopic (exact) mass is 334 g/mol. The third-order valence-corrected chi connectivity index (χ3v) is 7.32. The number of para-hydroxylation sites is 1. The molecule has 1 aliphatic carbocycles. The average Bonchev–Trinajstić information content (AvgIpc) is 3.26. The molecule has 3 heterocycles. The number of nitrogens with zero attached hydrogens (tertiary/aromatic N) is 2. The Balaban J connectivity index is 1.79. The number of hydrogen-bond donors (Lipinski definition) is 0. The molecule has 2 aliphatic rings. The van der Waals surface area contributed by atoms with Crippen LogP contribution in [0.15, 0.2) is 42.6 Å². The van der Waals surface area contributed by atoms with Crippen LogP contribution < -0.4 is 4.90 Å². The average molecular weight is 334 g/mol. The molecule has 0 saturated heterocycles. The highest BCUT2D eigenvalue weighted by molar-refractivity contribution is 7.19. The van der Waals surface area contributed by atoms with E-state index in [1.807, 2.05) is 17.5 Å². The van der Waals surface area contributed by atoms with Gasteiger partial charge < -0.3 is 4.90 Å². The summed E-state index contributed by atoms with van der Waals surface area (Å²) in [4.78, 5) is 10.2. The summed E-state index contributed by atoms with van der Waals surface area (Å²) in [6.45, 7) is 4.63. The molecule has 122 valence electrons. The van der Waals surface area contributed by atoms with Crippen molar-refractivity contribution in [1.29, 1.82) is 0 Å². The maximum atomic E-state index is 4.65. The fraction of sp³-hybridized carbons (Fsp3) is 0.381. The van der Waals surface area contributed by atoms with Crippen molar-refractivity contribution in [2.75, 3.05) is 4.90 Å². The number of aryl methyl sites for hydroxylation is 1. The highest BCUT2D eigenvalue weighted by Gasteiger charge is 2.52. The van der Waals surface area contributed by atoms with Crippen LogP contribution in [-0.2, 0) is 5.54 Å². The van der Waals surface area contributed by atoms with Crippen LogP contribution in [0, 0.1) is 6.92 Å². The predicted octanol–water partition coefficient (Wildman–Crippen LogP) is 5.96. The molecular weight excluding hydrogens is 312 g/mol. The molecule has 1 aromatic carbocycles. The van der Waals surface area contributed by atoms with E-state index < -0.39 is 0 Å². The Kier molecular flexibility index (Phi) is 3.05. The molecule has 3 aromatic rings. The zero-order valence-corrected chi connectivity index (χ0v) is 15.1. The molecule has 1 spiro atoms. The molecule has 0 amide bonds. The lowest BCUT2D eigenvalue weighted by molar-refractivity contribution is 0.421. The van der Waals surface area contributed by atoms with Crippen molar-refractivity contribution in [3.05, 3.63) is 58.6 Å². The largest absolute Gasteiger partial charge is 0.354 e. The predicted molar refractivity (Wildman–Crippen MR) is 102 cm³/mol. The summed E-state index contributed by atoms with van der Waals surface area (Å²) in [5.41, 5.74) is 4.51. The van der Waals surface area contributed by atoms with Crippen molar-refractivity contribution >= 4 is 27.2 Å². The molecule has 3 heteroatoms. The molecule has 1 aliphatic heterocycles. The summed E-state index contributed by atoms with van der Waals surface area (Å²) in [6.07, 6.45) is 7.13. The lowest BCUT2D eigenvalue weighted by Gasteiger charge is -2.41. The first-order valence-electron chi connectivity index (χ1n) is 8.95. The Morgan fingerprint density at radius 1 is 1.12 bits per heavy atom. The second kappa shape index (κ2) is 5.06. The fourth-order valence-corrected chi connectivity index (χ4v) is 6.50. The Labute approximate surface area is 147 Å². The smallest absolute Gasteiger partial charge is 0.123 e. The third kappa shape index (κ3) is 1.74. The first-order valence-corrected chi connectivity index (χ1v) is 9.77. The van der Waals surface area contributed by atoms with E-state index in [0.717, 1.165) is 0 Å². The Hall–Kier alpha value is -1.87. The molecule has 2 aromatic heterocycles. The van der Waals surface area contributed by atoms with Gasteiger partial charge >= 0.3 is 0 Å². The van der Waals surface area contributed by atoms with Gasteiger partial charge in [-0.3, -0.25) is 0 Å². The van der Waals surface area contributed by atoms with Crippen LogP contribution >= 0.6 is 11.3 Å².